The van der Waals surface area contributed by atoms with Crippen LogP contribution in [0.1, 0.15) is 43.5 Å². The highest BCUT2D eigenvalue weighted by Crippen LogP contribution is 2.10. The van der Waals surface area contributed by atoms with Crippen molar-refractivity contribution >= 4 is 35.8 Å². The SMILES string of the molecule is CCOC(CCNC(=NC)NCc1ccc(C(N)=O)o1)C(C)C.I. The number of ether oxygens (including phenoxy) is 1. The van der Waals surface area contributed by atoms with Crippen LogP contribution in [-0.4, -0.2) is 38.2 Å². The minimum atomic E-state index is -0.575. The molecule has 1 atom stereocenters. The molecule has 0 saturated heterocycles. The van der Waals surface area contributed by atoms with Crippen LogP contribution in [0.25, 0.3) is 0 Å². The van der Waals surface area contributed by atoms with E-state index >= 15 is 0 Å². The zero-order valence-electron chi connectivity index (χ0n) is 14.8. The normalized spacial score (nSPS) is 12.6. The number of aliphatic imine (C=N–C) groups is 1. The minimum Gasteiger partial charge on any atom is -0.454 e. The van der Waals surface area contributed by atoms with Crippen LogP contribution in [0.5, 0.6) is 0 Å². The zero-order valence-corrected chi connectivity index (χ0v) is 17.1. The van der Waals surface area contributed by atoms with E-state index in [1.165, 1.54) is 0 Å². The molecule has 1 rings (SSSR count). The first kappa shape index (κ1) is 22.7. The third kappa shape index (κ3) is 8.00. The molecule has 0 aliphatic heterocycles. The maximum absolute atomic E-state index is 11.0. The number of primary amides is 1. The predicted molar refractivity (Wildman–Crippen MR) is 106 cm³/mol. The van der Waals surface area contributed by atoms with Crippen molar-refractivity contribution in [1.29, 1.82) is 0 Å². The van der Waals surface area contributed by atoms with Gasteiger partial charge in [0.2, 0.25) is 0 Å². The highest BCUT2D eigenvalue weighted by Gasteiger charge is 2.13. The molecule has 8 heteroatoms. The highest BCUT2D eigenvalue weighted by molar-refractivity contribution is 14.0. The van der Waals surface area contributed by atoms with Gasteiger partial charge >= 0.3 is 0 Å². The lowest BCUT2D eigenvalue weighted by Crippen LogP contribution is -2.38. The molecule has 0 aromatic carbocycles. The van der Waals surface area contributed by atoms with Crippen molar-refractivity contribution in [3.63, 3.8) is 0 Å². The van der Waals surface area contributed by atoms with Crippen molar-refractivity contribution in [2.75, 3.05) is 20.2 Å². The number of rotatable bonds is 9. The number of nitrogens with zero attached hydrogens (tertiary/aromatic N) is 1. The Morgan fingerprint density at radius 2 is 2.08 bits per heavy atom. The van der Waals surface area contributed by atoms with Gasteiger partial charge in [-0.3, -0.25) is 9.79 Å². The monoisotopic (exact) mass is 452 g/mol. The summed E-state index contributed by atoms with van der Waals surface area (Å²) in [4.78, 5) is 15.1. The summed E-state index contributed by atoms with van der Waals surface area (Å²) in [5, 5.41) is 6.36. The second kappa shape index (κ2) is 12.1. The molecule has 138 valence electrons. The number of hydrogen-bond acceptors (Lipinski definition) is 4. The molecule has 1 aromatic rings. The summed E-state index contributed by atoms with van der Waals surface area (Å²) >= 11 is 0. The molecule has 1 amide bonds. The number of carbonyl (C=O) groups excluding carboxylic acids is 1. The molecule has 4 N–H and O–H groups in total. The summed E-state index contributed by atoms with van der Waals surface area (Å²) in [5.74, 6) is 1.34. The first-order chi connectivity index (χ1) is 11.0. The third-order valence-electron chi connectivity index (χ3n) is 3.40. The first-order valence-electron chi connectivity index (χ1n) is 7.92. The lowest BCUT2D eigenvalue weighted by Gasteiger charge is -2.21. The van der Waals surface area contributed by atoms with E-state index < -0.39 is 5.91 Å². The van der Waals surface area contributed by atoms with E-state index in [9.17, 15) is 4.79 Å². The molecule has 0 saturated carbocycles. The fourth-order valence-corrected chi connectivity index (χ4v) is 2.15. The summed E-state index contributed by atoms with van der Waals surface area (Å²) in [6, 6.07) is 3.27. The summed E-state index contributed by atoms with van der Waals surface area (Å²) in [5.41, 5.74) is 5.15. The molecule has 0 aliphatic carbocycles. The van der Waals surface area contributed by atoms with Crippen molar-refractivity contribution in [3.05, 3.63) is 23.7 Å². The summed E-state index contributed by atoms with van der Waals surface area (Å²) in [6.07, 6.45) is 1.13. The number of halogens is 1. The smallest absolute Gasteiger partial charge is 0.284 e. The molecular weight excluding hydrogens is 423 g/mol. The topological polar surface area (TPSA) is 102 Å². The van der Waals surface area contributed by atoms with Crippen LogP contribution in [0.2, 0.25) is 0 Å². The second-order valence-electron chi connectivity index (χ2n) is 5.51. The molecule has 0 fully saturated rings. The second-order valence-corrected chi connectivity index (χ2v) is 5.51. The fourth-order valence-electron chi connectivity index (χ4n) is 2.15. The fraction of sp³-hybridized carbons (Fsp3) is 0.625. The minimum absolute atomic E-state index is 0. The average molecular weight is 452 g/mol. The van der Waals surface area contributed by atoms with Crippen molar-refractivity contribution in [3.8, 4) is 0 Å². The van der Waals surface area contributed by atoms with E-state index in [1.54, 1.807) is 19.2 Å². The van der Waals surface area contributed by atoms with Gasteiger partial charge in [-0.25, -0.2) is 0 Å². The molecule has 1 unspecified atom stereocenters. The Morgan fingerprint density at radius 3 is 2.58 bits per heavy atom. The van der Waals surface area contributed by atoms with E-state index in [0.717, 1.165) is 19.6 Å². The number of furan rings is 1. The van der Waals surface area contributed by atoms with Gasteiger partial charge in [-0.15, -0.1) is 24.0 Å². The lowest BCUT2D eigenvalue weighted by molar-refractivity contribution is 0.0258. The van der Waals surface area contributed by atoms with Crippen LogP contribution in [0.3, 0.4) is 0 Å². The summed E-state index contributed by atoms with van der Waals surface area (Å²) in [6.45, 7) is 8.21. The van der Waals surface area contributed by atoms with Gasteiger partial charge in [0.05, 0.1) is 12.6 Å². The van der Waals surface area contributed by atoms with Crippen molar-refractivity contribution in [2.45, 2.75) is 39.8 Å². The van der Waals surface area contributed by atoms with E-state index in [0.29, 0.717) is 24.2 Å². The van der Waals surface area contributed by atoms with Gasteiger partial charge in [-0.2, -0.15) is 0 Å². The van der Waals surface area contributed by atoms with Crippen molar-refractivity contribution in [1.82, 2.24) is 10.6 Å². The number of amides is 1. The van der Waals surface area contributed by atoms with Crippen molar-refractivity contribution in [2.24, 2.45) is 16.6 Å². The van der Waals surface area contributed by atoms with Crippen LogP contribution in [0.15, 0.2) is 21.5 Å². The van der Waals surface area contributed by atoms with E-state index in [4.69, 9.17) is 14.9 Å². The van der Waals surface area contributed by atoms with Crippen LogP contribution < -0.4 is 16.4 Å². The van der Waals surface area contributed by atoms with Gasteiger partial charge in [0.15, 0.2) is 11.7 Å². The van der Waals surface area contributed by atoms with Crippen LogP contribution in [-0.2, 0) is 11.3 Å². The number of hydrogen-bond donors (Lipinski definition) is 3. The van der Waals surface area contributed by atoms with Gasteiger partial charge in [-0.1, -0.05) is 13.8 Å². The third-order valence-corrected chi connectivity index (χ3v) is 3.40. The van der Waals surface area contributed by atoms with Gasteiger partial charge < -0.3 is 25.5 Å². The van der Waals surface area contributed by atoms with Crippen LogP contribution in [0.4, 0.5) is 0 Å². The maximum Gasteiger partial charge on any atom is 0.284 e. The molecule has 0 bridgehead atoms. The van der Waals surface area contributed by atoms with Gasteiger partial charge in [0, 0.05) is 20.2 Å². The largest absolute Gasteiger partial charge is 0.454 e. The highest BCUT2D eigenvalue weighted by atomic mass is 127. The number of guanidine groups is 1. The molecule has 1 heterocycles. The Kier molecular flexibility index (Phi) is 11.5. The molecule has 7 nitrogen and oxygen atoms in total. The lowest BCUT2D eigenvalue weighted by atomic mass is 10.0. The Hall–Kier alpha value is -1.29. The van der Waals surface area contributed by atoms with Crippen LogP contribution >= 0.6 is 24.0 Å². The van der Waals surface area contributed by atoms with Gasteiger partial charge in [0.25, 0.3) is 5.91 Å². The maximum atomic E-state index is 11.0. The van der Waals surface area contributed by atoms with E-state index in [2.05, 4.69) is 29.5 Å². The molecule has 1 aromatic heterocycles. The molecule has 0 aliphatic rings. The zero-order chi connectivity index (χ0) is 17.2. The standard InChI is InChI=1S/C16H28N4O3.HI/c1-5-22-13(11(2)3)8-9-19-16(18-4)20-10-12-6-7-14(23-12)15(17)21;/h6-7,11,13H,5,8-10H2,1-4H3,(H2,17,21)(H2,18,19,20);1H. The van der Waals surface area contributed by atoms with Gasteiger partial charge in [0.1, 0.15) is 5.76 Å². The quantitative estimate of drug-likeness (QED) is 0.303. The van der Waals surface area contributed by atoms with Crippen molar-refractivity contribution < 1.29 is 13.9 Å². The van der Waals surface area contributed by atoms with Gasteiger partial charge in [-0.05, 0) is 31.4 Å². The number of nitrogens with one attached hydrogen (secondary N) is 2. The summed E-state index contributed by atoms with van der Waals surface area (Å²) in [7, 11) is 1.70. The average Bonchev–Trinajstić information content (AvgIpc) is 2.98. The molecule has 0 spiro atoms. The van der Waals surface area contributed by atoms with Crippen LogP contribution in [0, 0.1) is 5.92 Å². The summed E-state index contributed by atoms with van der Waals surface area (Å²) < 4.78 is 11.0. The van der Waals surface area contributed by atoms with E-state index in [1.807, 2.05) is 6.92 Å². The van der Waals surface area contributed by atoms with E-state index in [-0.39, 0.29) is 35.8 Å². The molecular formula is C16H29IN4O3. The Balaban J connectivity index is 0.00000529. The molecule has 24 heavy (non-hydrogen) atoms. The number of carbonyl (C=O) groups is 1. The first-order valence-corrected chi connectivity index (χ1v) is 7.92. The molecule has 0 radical (unpaired) electrons. The Morgan fingerprint density at radius 1 is 1.38 bits per heavy atom. The predicted octanol–water partition coefficient (Wildman–Crippen LogP) is 2.11. The Bertz CT molecular complexity index is 517. The number of nitrogens with two attached hydrogens (primary N) is 1. The Labute approximate surface area is 160 Å².